The van der Waals surface area contributed by atoms with Gasteiger partial charge < -0.3 is 14.4 Å². The van der Waals surface area contributed by atoms with Gasteiger partial charge in [-0.15, -0.1) is 24.8 Å². The lowest BCUT2D eigenvalue weighted by Gasteiger charge is -2.41. The zero-order chi connectivity index (χ0) is 28.1. The van der Waals surface area contributed by atoms with Gasteiger partial charge in [0.05, 0.1) is 0 Å². The summed E-state index contributed by atoms with van der Waals surface area (Å²) >= 11 is 0. The molecule has 0 bridgehead atoms. The third-order valence-electron chi connectivity index (χ3n) is 8.46. The normalized spacial score (nSPS) is 18.0. The number of hydrogen-bond acceptors (Lipinski definition) is 4. The molecule has 0 aliphatic carbocycles. The predicted octanol–water partition coefficient (Wildman–Crippen LogP) is 8.83. The van der Waals surface area contributed by atoms with Gasteiger partial charge in [0, 0.05) is 37.7 Å². The van der Waals surface area contributed by atoms with Crippen LogP contribution in [0.15, 0.2) is 66.2 Å². The number of rotatable bonds is 11. The van der Waals surface area contributed by atoms with Crippen LogP contribution in [0.5, 0.6) is 11.5 Å². The van der Waals surface area contributed by atoms with Crippen LogP contribution in [-0.4, -0.2) is 55.7 Å². The molecule has 0 spiro atoms. The van der Waals surface area contributed by atoms with Gasteiger partial charge in [-0.25, -0.2) is 0 Å². The first kappa shape index (κ1) is 34.3. The van der Waals surface area contributed by atoms with Crippen LogP contribution < -0.4 is 9.47 Å². The van der Waals surface area contributed by atoms with Crippen LogP contribution in [0.2, 0.25) is 0 Å². The number of halogens is 2. The highest BCUT2D eigenvalue weighted by Gasteiger charge is 2.38. The maximum atomic E-state index is 6.66. The van der Waals surface area contributed by atoms with Crippen LogP contribution >= 0.6 is 24.8 Å². The summed E-state index contributed by atoms with van der Waals surface area (Å²) < 4.78 is 13.2. The highest BCUT2D eigenvalue weighted by molar-refractivity contribution is 5.85. The van der Waals surface area contributed by atoms with Crippen molar-refractivity contribution in [1.29, 1.82) is 0 Å². The lowest BCUT2D eigenvalue weighted by atomic mass is 9.77. The molecule has 4 nitrogen and oxygen atoms in total. The van der Waals surface area contributed by atoms with Gasteiger partial charge in [0.15, 0.2) is 0 Å². The van der Waals surface area contributed by atoms with Crippen LogP contribution in [0.25, 0.3) is 10.8 Å². The molecule has 5 rings (SSSR count). The molecule has 6 heteroatoms. The average molecular weight is 614 g/mol. The molecule has 3 aromatic rings. The zero-order valence-corrected chi connectivity index (χ0v) is 27.8. The molecule has 0 amide bonds. The van der Waals surface area contributed by atoms with Crippen molar-refractivity contribution < 1.29 is 9.47 Å². The van der Waals surface area contributed by atoms with E-state index in [0.717, 1.165) is 56.9 Å². The van der Waals surface area contributed by atoms with E-state index in [2.05, 4.69) is 105 Å². The molecule has 2 aliphatic rings. The molecule has 0 saturated carbocycles. The summed E-state index contributed by atoms with van der Waals surface area (Å²) in [7, 11) is 4.20. The van der Waals surface area contributed by atoms with E-state index in [1.54, 1.807) is 5.57 Å². The SMILES string of the molecule is CCCCCc1cc(OCCN(C)C)c2c(c1)OC(C)(C)CC2C1=CCN(Cc2ccc3ccccc3c2)CC1.Cl.Cl. The average Bonchev–Trinajstić information content (AvgIpc) is 2.92. The second-order valence-corrected chi connectivity index (χ2v) is 12.7. The van der Waals surface area contributed by atoms with E-state index in [4.69, 9.17) is 9.47 Å². The second kappa shape index (κ2) is 15.5. The van der Waals surface area contributed by atoms with E-state index in [-0.39, 0.29) is 30.4 Å². The topological polar surface area (TPSA) is 24.9 Å². The number of unbranched alkanes of at least 4 members (excludes halogenated alkanes) is 2. The second-order valence-electron chi connectivity index (χ2n) is 12.7. The molecule has 0 fully saturated rings. The number of benzene rings is 3. The largest absolute Gasteiger partial charge is 0.492 e. The van der Waals surface area contributed by atoms with Crippen LogP contribution in [0.4, 0.5) is 0 Å². The molecule has 3 aromatic carbocycles. The fourth-order valence-corrected chi connectivity index (χ4v) is 6.30. The van der Waals surface area contributed by atoms with E-state index in [1.165, 1.54) is 46.7 Å². The summed E-state index contributed by atoms with van der Waals surface area (Å²) in [6.45, 7) is 11.4. The number of fused-ring (bicyclic) bond motifs is 2. The summed E-state index contributed by atoms with van der Waals surface area (Å²) in [6, 6.07) is 20.2. The lowest BCUT2D eigenvalue weighted by Crippen LogP contribution is -2.37. The van der Waals surface area contributed by atoms with Crippen molar-refractivity contribution in [3.8, 4) is 11.5 Å². The highest BCUT2D eigenvalue weighted by Crippen LogP contribution is 2.50. The molecular formula is C36H50Cl2N2O2. The minimum atomic E-state index is -0.205. The van der Waals surface area contributed by atoms with Gasteiger partial charge in [0.1, 0.15) is 23.7 Å². The van der Waals surface area contributed by atoms with Gasteiger partial charge in [0.2, 0.25) is 0 Å². The quantitative estimate of drug-likeness (QED) is 0.159. The van der Waals surface area contributed by atoms with Crippen molar-refractivity contribution in [3.05, 3.63) is 82.9 Å². The van der Waals surface area contributed by atoms with Crippen molar-refractivity contribution in [2.45, 2.75) is 77.4 Å². The molecular weight excluding hydrogens is 563 g/mol. The van der Waals surface area contributed by atoms with E-state index < -0.39 is 0 Å². The van der Waals surface area contributed by atoms with E-state index in [0.29, 0.717) is 12.5 Å². The van der Waals surface area contributed by atoms with E-state index >= 15 is 0 Å². The molecule has 2 aliphatic heterocycles. The lowest BCUT2D eigenvalue weighted by molar-refractivity contribution is 0.0739. The molecule has 0 aromatic heterocycles. The van der Waals surface area contributed by atoms with Gasteiger partial charge in [-0.2, -0.15) is 0 Å². The Morgan fingerprint density at radius 3 is 2.48 bits per heavy atom. The standard InChI is InChI=1S/C36H48N2O2.2ClH/c1-6-7-8-11-27-23-33(39-21-20-37(4)5)35-32(25-36(2,3)40-34(35)24-27)30-16-18-38(19-17-30)26-28-14-15-29-12-9-10-13-31(29)22-28;;/h9-10,12-16,22-24,32H,6-8,11,17-21,25-26H2,1-5H3;2*1H. The molecule has 0 radical (unpaired) electrons. The Kier molecular flexibility index (Phi) is 12.6. The maximum absolute atomic E-state index is 6.66. The molecule has 0 saturated heterocycles. The van der Waals surface area contributed by atoms with Crippen molar-refractivity contribution >= 4 is 35.6 Å². The smallest absolute Gasteiger partial charge is 0.127 e. The molecule has 2 heterocycles. The number of nitrogens with zero attached hydrogens (tertiary/aromatic N) is 2. The minimum absolute atomic E-state index is 0. The molecule has 42 heavy (non-hydrogen) atoms. The number of hydrogen-bond donors (Lipinski definition) is 0. The number of aryl methyl sites for hydroxylation is 1. The van der Waals surface area contributed by atoms with Crippen molar-refractivity contribution in [2.24, 2.45) is 0 Å². The summed E-state index contributed by atoms with van der Waals surface area (Å²) in [5.74, 6) is 2.40. The summed E-state index contributed by atoms with van der Waals surface area (Å²) in [4.78, 5) is 4.76. The minimum Gasteiger partial charge on any atom is -0.492 e. The third-order valence-corrected chi connectivity index (χ3v) is 8.46. The highest BCUT2D eigenvalue weighted by atomic mass is 35.5. The Labute approximate surface area is 266 Å². The van der Waals surface area contributed by atoms with Crippen molar-refractivity contribution in [2.75, 3.05) is 40.3 Å². The monoisotopic (exact) mass is 612 g/mol. The summed E-state index contributed by atoms with van der Waals surface area (Å²) in [5, 5.41) is 2.63. The summed E-state index contributed by atoms with van der Waals surface area (Å²) in [5.41, 5.74) is 5.34. The first-order valence-electron chi connectivity index (χ1n) is 15.3. The van der Waals surface area contributed by atoms with Gasteiger partial charge in [0.25, 0.3) is 0 Å². The number of ether oxygens (including phenoxy) is 2. The van der Waals surface area contributed by atoms with Crippen LogP contribution in [0, 0.1) is 0 Å². The molecule has 0 N–H and O–H groups in total. The Bertz CT molecular complexity index is 1340. The fraction of sp³-hybridized carbons (Fsp3) is 0.500. The molecule has 230 valence electrons. The first-order chi connectivity index (χ1) is 19.3. The first-order valence-corrected chi connectivity index (χ1v) is 15.3. The Morgan fingerprint density at radius 2 is 1.76 bits per heavy atom. The third kappa shape index (κ3) is 8.66. The van der Waals surface area contributed by atoms with Gasteiger partial charge in [-0.3, -0.25) is 4.90 Å². The van der Waals surface area contributed by atoms with E-state index in [9.17, 15) is 0 Å². The Balaban J connectivity index is 0.00000242. The predicted molar refractivity (Wildman–Crippen MR) is 182 cm³/mol. The maximum Gasteiger partial charge on any atom is 0.127 e. The Hall–Kier alpha value is -2.24. The van der Waals surface area contributed by atoms with Gasteiger partial charge in [-0.05, 0) is 93.7 Å². The zero-order valence-electron chi connectivity index (χ0n) is 26.2. The van der Waals surface area contributed by atoms with Crippen LogP contribution in [0.1, 0.15) is 75.5 Å². The van der Waals surface area contributed by atoms with E-state index in [1.807, 2.05) is 0 Å². The van der Waals surface area contributed by atoms with Crippen molar-refractivity contribution in [3.63, 3.8) is 0 Å². The summed E-state index contributed by atoms with van der Waals surface area (Å²) in [6.07, 6.45) is 9.34. The van der Waals surface area contributed by atoms with Gasteiger partial charge in [-0.1, -0.05) is 67.8 Å². The van der Waals surface area contributed by atoms with Crippen LogP contribution in [0.3, 0.4) is 0 Å². The molecule has 1 atom stereocenters. The molecule has 1 unspecified atom stereocenters. The van der Waals surface area contributed by atoms with Crippen molar-refractivity contribution in [1.82, 2.24) is 9.80 Å². The fourth-order valence-electron chi connectivity index (χ4n) is 6.30. The van der Waals surface area contributed by atoms with Crippen LogP contribution in [-0.2, 0) is 13.0 Å². The number of likely N-dealkylation sites (N-methyl/N-ethyl adjacent to an activating group) is 1. The van der Waals surface area contributed by atoms with Gasteiger partial charge >= 0.3 is 0 Å². The Morgan fingerprint density at radius 1 is 0.976 bits per heavy atom.